The van der Waals surface area contributed by atoms with Gasteiger partial charge in [0.25, 0.3) is 0 Å². The van der Waals surface area contributed by atoms with Gasteiger partial charge in [-0.2, -0.15) is 0 Å². The molecule has 0 radical (unpaired) electrons. The van der Waals surface area contributed by atoms with Crippen LogP contribution in [0.2, 0.25) is 0 Å². The number of amides is 1. The molecular formula is C17H31NO6S. The summed E-state index contributed by atoms with van der Waals surface area (Å²) in [6.07, 6.45) is 2.55. The van der Waals surface area contributed by atoms with Crippen molar-refractivity contribution in [1.29, 1.82) is 0 Å². The first-order valence-corrected chi connectivity index (χ1v) is 10.9. The van der Waals surface area contributed by atoms with Crippen LogP contribution in [0.5, 0.6) is 0 Å². The summed E-state index contributed by atoms with van der Waals surface area (Å²) in [5.74, 6) is -0.162. The average Bonchev–Trinajstić information content (AvgIpc) is 2.52. The Morgan fingerprint density at radius 3 is 2.60 bits per heavy atom. The Balaban J connectivity index is 2.09. The maximum atomic E-state index is 12.5. The van der Waals surface area contributed by atoms with E-state index in [0.29, 0.717) is 26.0 Å². The molecule has 2 fully saturated rings. The molecule has 2 rings (SSSR count). The van der Waals surface area contributed by atoms with Gasteiger partial charge in [0.05, 0.1) is 30.6 Å². The fourth-order valence-corrected chi connectivity index (χ4v) is 4.84. The van der Waals surface area contributed by atoms with Crippen LogP contribution in [-0.4, -0.2) is 73.5 Å². The molecule has 0 aromatic carbocycles. The minimum Gasteiger partial charge on any atom is -0.444 e. The predicted octanol–water partition coefficient (Wildman–Crippen LogP) is 1.59. The zero-order chi connectivity index (χ0) is 18.8. The number of hydrogen-bond acceptors (Lipinski definition) is 6. The number of ether oxygens (including phenoxy) is 2. The summed E-state index contributed by atoms with van der Waals surface area (Å²) in [6, 6.07) is -0.507. The second-order valence-electron chi connectivity index (χ2n) is 8.18. The van der Waals surface area contributed by atoms with E-state index >= 15 is 0 Å². The van der Waals surface area contributed by atoms with E-state index in [0.717, 1.165) is 12.8 Å². The van der Waals surface area contributed by atoms with Crippen molar-refractivity contribution < 1.29 is 27.8 Å². The highest BCUT2D eigenvalue weighted by atomic mass is 32.2. The van der Waals surface area contributed by atoms with Gasteiger partial charge in [-0.05, 0) is 46.0 Å². The topological polar surface area (TPSA) is 93.1 Å². The maximum absolute atomic E-state index is 12.5. The number of morpholine rings is 1. The average molecular weight is 378 g/mol. The number of nitrogens with zero attached hydrogens (tertiary/aromatic N) is 1. The van der Waals surface area contributed by atoms with Gasteiger partial charge in [0.15, 0.2) is 0 Å². The number of hydrogen-bond donors (Lipinski definition) is 1. The van der Waals surface area contributed by atoms with Gasteiger partial charge >= 0.3 is 6.09 Å². The van der Waals surface area contributed by atoms with Gasteiger partial charge in [0.1, 0.15) is 15.4 Å². The fraction of sp³-hybridized carbons (Fsp3) is 0.941. The summed E-state index contributed by atoms with van der Waals surface area (Å²) >= 11 is 0. The minimum atomic E-state index is -3.12. The van der Waals surface area contributed by atoms with Crippen LogP contribution < -0.4 is 0 Å². The summed E-state index contributed by atoms with van der Waals surface area (Å²) in [5, 5.41) is 10.5. The maximum Gasteiger partial charge on any atom is 0.410 e. The first-order chi connectivity index (χ1) is 11.5. The molecule has 0 spiro atoms. The zero-order valence-corrected chi connectivity index (χ0v) is 16.4. The molecule has 1 amide bonds. The first-order valence-electron chi connectivity index (χ1n) is 8.93. The quantitative estimate of drug-likeness (QED) is 0.803. The van der Waals surface area contributed by atoms with Crippen LogP contribution >= 0.6 is 0 Å². The summed E-state index contributed by atoms with van der Waals surface area (Å²) in [4.78, 5) is 14.0. The van der Waals surface area contributed by atoms with Crippen molar-refractivity contribution in [3.63, 3.8) is 0 Å². The highest BCUT2D eigenvalue weighted by Gasteiger charge is 2.41. The molecule has 8 heteroatoms. The Hall–Kier alpha value is -0.860. The van der Waals surface area contributed by atoms with E-state index < -0.39 is 38.9 Å². The highest BCUT2D eigenvalue weighted by molar-refractivity contribution is 7.91. The molecule has 0 aromatic rings. The smallest absolute Gasteiger partial charge is 0.410 e. The Morgan fingerprint density at radius 1 is 1.32 bits per heavy atom. The Labute approximate surface area is 150 Å². The van der Waals surface area contributed by atoms with Crippen molar-refractivity contribution in [2.24, 2.45) is 5.92 Å². The van der Waals surface area contributed by atoms with Gasteiger partial charge < -0.3 is 14.6 Å². The number of carbonyl (C=O) groups excluding carboxylic acids is 1. The van der Waals surface area contributed by atoms with Gasteiger partial charge in [0, 0.05) is 12.8 Å². The molecule has 1 aliphatic carbocycles. The lowest BCUT2D eigenvalue weighted by Crippen LogP contribution is -2.57. The van der Waals surface area contributed by atoms with Crippen LogP contribution in [0.4, 0.5) is 4.79 Å². The number of aliphatic hydroxyl groups excluding tert-OH is 1. The second-order valence-corrected chi connectivity index (χ2v) is 10.5. The van der Waals surface area contributed by atoms with E-state index in [9.17, 15) is 18.3 Å². The summed E-state index contributed by atoms with van der Waals surface area (Å²) in [5.41, 5.74) is -0.614. The molecule has 2 aliphatic rings. The lowest BCUT2D eigenvalue weighted by Gasteiger charge is -2.42. The van der Waals surface area contributed by atoms with Crippen LogP contribution in [0.25, 0.3) is 0 Å². The molecule has 1 saturated carbocycles. The normalized spacial score (nSPS) is 30.0. The number of carbonyl (C=O) groups is 1. The van der Waals surface area contributed by atoms with Crippen LogP contribution in [0.1, 0.15) is 46.5 Å². The molecule has 0 bridgehead atoms. The monoisotopic (exact) mass is 377 g/mol. The van der Waals surface area contributed by atoms with E-state index in [1.807, 2.05) is 0 Å². The van der Waals surface area contributed by atoms with Crippen molar-refractivity contribution in [3.8, 4) is 0 Å². The van der Waals surface area contributed by atoms with Gasteiger partial charge in [-0.25, -0.2) is 13.2 Å². The molecule has 1 aliphatic heterocycles. The van der Waals surface area contributed by atoms with E-state index in [1.165, 1.54) is 11.2 Å². The molecule has 0 aromatic heterocycles. The van der Waals surface area contributed by atoms with Crippen LogP contribution in [0.15, 0.2) is 0 Å². The first kappa shape index (κ1) is 20.5. The summed E-state index contributed by atoms with van der Waals surface area (Å²) in [6.45, 7) is 6.40. The Bertz CT molecular complexity index is 570. The van der Waals surface area contributed by atoms with Gasteiger partial charge in [-0.15, -0.1) is 0 Å². The minimum absolute atomic E-state index is 0.162. The third-order valence-electron chi connectivity index (χ3n) is 4.94. The largest absolute Gasteiger partial charge is 0.444 e. The van der Waals surface area contributed by atoms with E-state index in [4.69, 9.17) is 9.47 Å². The lowest BCUT2D eigenvalue weighted by molar-refractivity contribution is -0.0826. The molecule has 146 valence electrons. The van der Waals surface area contributed by atoms with E-state index in [2.05, 4.69) is 0 Å². The van der Waals surface area contributed by atoms with Crippen LogP contribution in [0.3, 0.4) is 0 Å². The van der Waals surface area contributed by atoms with Crippen molar-refractivity contribution in [2.75, 3.05) is 26.0 Å². The third-order valence-corrected chi connectivity index (χ3v) is 6.58. The highest BCUT2D eigenvalue weighted by Crippen LogP contribution is 2.33. The van der Waals surface area contributed by atoms with Crippen molar-refractivity contribution in [3.05, 3.63) is 0 Å². The molecular weight excluding hydrogens is 346 g/mol. The molecule has 1 N–H and O–H groups in total. The Kier molecular flexibility index (Phi) is 6.38. The number of sulfone groups is 1. The van der Waals surface area contributed by atoms with E-state index in [1.54, 1.807) is 20.8 Å². The molecule has 4 atom stereocenters. The third kappa shape index (κ3) is 5.56. The lowest BCUT2D eigenvalue weighted by atomic mass is 9.82. The molecule has 1 heterocycles. The number of rotatable bonds is 3. The molecule has 25 heavy (non-hydrogen) atoms. The molecule has 1 saturated heterocycles. The van der Waals surface area contributed by atoms with E-state index in [-0.39, 0.29) is 12.5 Å². The van der Waals surface area contributed by atoms with Gasteiger partial charge in [-0.3, -0.25) is 4.90 Å². The SMILES string of the molecule is CC(C)(C)OC(=O)N1CCOCC1C(O)C1CCCC(S(C)(=O)=O)C1. The summed E-state index contributed by atoms with van der Waals surface area (Å²) in [7, 11) is -3.12. The Morgan fingerprint density at radius 2 is 2.00 bits per heavy atom. The van der Waals surface area contributed by atoms with Gasteiger partial charge in [-0.1, -0.05) is 6.42 Å². The summed E-state index contributed by atoms with van der Waals surface area (Å²) < 4.78 is 34.7. The van der Waals surface area contributed by atoms with Crippen LogP contribution in [0, 0.1) is 5.92 Å². The number of aliphatic hydroxyl groups is 1. The van der Waals surface area contributed by atoms with Crippen LogP contribution in [-0.2, 0) is 19.3 Å². The molecule has 4 unspecified atom stereocenters. The molecule has 7 nitrogen and oxygen atoms in total. The van der Waals surface area contributed by atoms with Gasteiger partial charge in [0.2, 0.25) is 0 Å². The van der Waals surface area contributed by atoms with Crippen molar-refractivity contribution >= 4 is 15.9 Å². The second kappa shape index (κ2) is 7.80. The van der Waals surface area contributed by atoms with Crippen molar-refractivity contribution in [2.45, 2.75) is 69.5 Å². The standard InChI is InChI=1S/C17H31NO6S/c1-17(2,3)24-16(20)18-8-9-23-11-14(18)15(19)12-6-5-7-13(10-12)25(4,21)22/h12-15,19H,5-11H2,1-4H3. The zero-order valence-electron chi connectivity index (χ0n) is 15.6. The predicted molar refractivity (Wildman–Crippen MR) is 94.1 cm³/mol. The fourth-order valence-electron chi connectivity index (χ4n) is 3.65. The van der Waals surface area contributed by atoms with Crippen molar-refractivity contribution in [1.82, 2.24) is 4.90 Å².